The van der Waals surface area contributed by atoms with Crippen molar-refractivity contribution < 1.29 is 4.74 Å². The number of aromatic nitrogens is 4. The average molecular weight is 316 g/mol. The first-order chi connectivity index (χ1) is 10.9. The van der Waals surface area contributed by atoms with Gasteiger partial charge in [0.1, 0.15) is 15.0 Å². The minimum atomic E-state index is 0.793. The van der Waals surface area contributed by atoms with Crippen LogP contribution in [0, 0.1) is 0 Å². The molecule has 4 rings (SSSR count). The quantitative estimate of drug-likeness (QED) is 0.779. The van der Waals surface area contributed by atoms with Gasteiger partial charge in [-0.05, 0) is 17.3 Å². The van der Waals surface area contributed by atoms with Gasteiger partial charge in [0.25, 0.3) is 0 Å². The van der Waals surface area contributed by atoms with E-state index in [1.807, 2.05) is 12.1 Å². The Bertz CT molecular complexity index is 785. The molecule has 0 unspecified atom stereocenters. The van der Waals surface area contributed by atoms with Crippen LogP contribution in [0.15, 0.2) is 18.3 Å². The van der Waals surface area contributed by atoms with Gasteiger partial charge >= 0.3 is 0 Å². The number of ether oxygens (including phenoxy) is 1. The molecule has 1 aliphatic heterocycles. The molecular formula is C14H16N6OS. The molecule has 3 aromatic heterocycles. The molecule has 4 heterocycles. The maximum atomic E-state index is 5.36. The minimum Gasteiger partial charge on any atom is -0.379 e. The molecule has 8 heteroatoms. The minimum absolute atomic E-state index is 0.793. The molecule has 0 atom stereocenters. The summed E-state index contributed by atoms with van der Waals surface area (Å²) in [5, 5.41) is 16.6. The number of nitrogens with zero attached hydrogens (tertiary/aromatic N) is 5. The van der Waals surface area contributed by atoms with E-state index in [-0.39, 0.29) is 0 Å². The van der Waals surface area contributed by atoms with E-state index in [2.05, 4.69) is 30.6 Å². The fourth-order valence-electron chi connectivity index (χ4n) is 2.61. The summed E-state index contributed by atoms with van der Waals surface area (Å²) >= 11 is 1.60. The van der Waals surface area contributed by atoms with Crippen LogP contribution in [-0.4, -0.2) is 64.7 Å². The second kappa shape index (κ2) is 6.07. The zero-order valence-corrected chi connectivity index (χ0v) is 12.8. The predicted octanol–water partition coefficient (Wildman–Crippen LogP) is 1.38. The van der Waals surface area contributed by atoms with Crippen LogP contribution >= 0.6 is 11.3 Å². The van der Waals surface area contributed by atoms with Crippen molar-refractivity contribution in [3.05, 3.63) is 18.3 Å². The van der Waals surface area contributed by atoms with Gasteiger partial charge < -0.3 is 10.1 Å². The molecule has 0 saturated carbocycles. The van der Waals surface area contributed by atoms with Gasteiger partial charge in [-0.3, -0.25) is 4.90 Å². The first-order valence-electron chi connectivity index (χ1n) is 7.32. The third kappa shape index (κ3) is 2.60. The van der Waals surface area contributed by atoms with E-state index in [0.717, 1.165) is 65.6 Å². The summed E-state index contributed by atoms with van der Waals surface area (Å²) in [7, 11) is 0. The Hall–Kier alpha value is -1.90. The van der Waals surface area contributed by atoms with E-state index in [0.29, 0.717) is 0 Å². The Morgan fingerprint density at radius 3 is 3.09 bits per heavy atom. The van der Waals surface area contributed by atoms with Crippen LogP contribution in [0.4, 0.5) is 5.82 Å². The monoisotopic (exact) mass is 316 g/mol. The van der Waals surface area contributed by atoms with Gasteiger partial charge in [-0.1, -0.05) is 0 Å². The van der Waals surface area contributed by atoms with Crippen LogP contribution in [0.25, 0.3) is 20.4 Å². The summed E-state index contributed by atoms with van der Waals surface area (Å²) in [6, 6.07) is 3.94. The van der Waals surface area contributed by atoms with Gasteiger partial charge in [0.2, 0.25) is 0 Å². The molecule has 0 bridgehead atoms. The van der Waals surface area contributed by atoms with Crippen molar-refractivity contribution in [2.75, 3.05) is 44.7 Å². The van der Waals surface area contributed by atoms with Crippen LogP contribution in [0.1, 0.15) is 0 Å². The van der Waals surface area contributed by atoms with Crippen molar-refractivity contribution >= 4 is 37.6 Å². The molecule has 7 nitrogen and oxygen atoms in total. The van der Waals surface area contributed by atoms with Crippen molar-refractivity contribution in [2.45, 2.75) is 0 Å². The standard InChI is InChI=1S/C14H16N6OS/c1-2-10-11-12(22-14(10)16-3-1)13(18-19-17-11)15-4-5-20-6-8-21-9-7-20/h1-3H,4-9H2,(H,15,17,18). The molecule has 1 N–H and O–H groups in total. The molecule has 1 aliphatic rings. The molecule has 0 spiro atoms. The van der Waals surface area contributed by atoms with E-state index >= 15 is 0 Å². The highest BCUT2D eigenvalue weighted by atomic mass is 32.1. The van der Waals surface area contributed by atoms with Gasteiger partial charge in [-0.2, -0.15) is 0 Å². The van der Waals surface area contributed by atoms with E-state index in [9.17, 15) is 0 Å². The number of rotatable bonds is 4. The zero-order chi connectivity index (χ0) is 14.8. The summed E-state index contributed by atoms with van der Waals surface area (Å²) in [5.41, 5.74) is 0.872. The molecule has 0 radical (unpaired) electrons. The highest BCUT2D eigenvalue weighted by Gasteiger charge is 2.13. The number of thiophene rings is 1. The maximum Gasteiger partial charge on any atom is 0.170 e. The van der Waals surface area contributed by atoms with Crippen molar-refractivity contribution in [3.63, 3.8) is 0 Å². The summed E-state index contributed by atoms with van der Waals surface area (Å²) in [6.07, 6.45) is 1.80. The first kappa shape index (κ1) is 13.7. The molecule has 0 aromatic carbocycles. The summed E-state index contributed by atoms with van der Waals surface area (Å²) < 4.78 is 6.38. The van der Waals surface area contributed by atoms with Crippen molar-refractivity contribution in [2.24, 2.45) is 0 Å². The summed E-state index contributed by atoms with van der Waals surface area (Å²) in [5.74, 6) is 0.793. The van der Waals surface area contributed by atoms with E-state index in [1.165, 1.54) is 0 Å². The Kier molecular flexibility index (Phi) is 3.79. The zero-order valence-electron chi connectivity index (χ0n) is 12.0. The Balaban J connectivity index is 1.53. The highest BCUT2D eigenvalue weighted by molar-refractivity contribution is 7.25. The Labute approximate surface area is 131 Å². The van der Waals surface area contributed by atoms with Gasteiger partial charge in [0.15, 0.2) is 5.82 Å². The number of anilines is 1. The lowest BCUT2D eigenvalue weighted by Crippen LogP contribution is -2.39. The van der Waals surface area contributed by atoms with Crippen LogP contribution in [0.3, 0.4) is 0 Å². The Morgan fingerprint density at radius 1 is 1.27 bits per heavy atom. The van der Waals surface area contributed by atoms with E-state index in [1.54, 1.807) is 17.5 Å². The lowest BCUT2D eigenvalue weighted by atomic mass is 10.3. The van der Waals surface area contributed by atoms with Gasteiger partial charge in [-0.25, -0.2) is 4.98 Å². The molecule has 0 aliphatic carbocycles. The number of morpholine rings is 1. The SMILES string of the molecule is c1cnc2sc3c(NCCN4CCOCC4)nnnc3c2c1. The molecule has 3 aromatic rings. The lowest BCUT2D eigenvalue weighted by Gasteiger charge is -2.26. The molecule has 114 valence electrons. The predicted molar refractivity (Wildman–Crippen MR) is 86.3 cm³/mol. The smallest absolute Gasteiger partial charge is 0.170 e. The average Bonchev–Trinajstić information content (AvgIpc) is 2.96. The number of hydrogen-bond donors (Lipinski definition) is 1. The second-order valence-electron chi connectivity index (χ2n) is 5.15. The summed E-state index contributed by atoms with van der Waals surface area (Å²) in [6.45, 7) is 5.42. The van der Waals surface area contributed by atoms with E-state index in [4.69, 9.17) is 4.74 Å². The first-order valence-corrected chi connectivity index (χ1v) is 8.14. The van der Waals surface area contributed by atoms with Crippen LogP contribution < -0.4 is 5.32 Å². The molecule has 1 saturated heterocycles. The molecule has 0 amide bonds. The number of pyridine rings is 1. The number of fused-ring (bicyclic) bond motifs is 3. The van der Waals surface area contributed by atoms with Gasteiger partial charge in [0, 0.05) is 37.8 Å². The maximum absolute atomic E-state index is 5.36. The fraction of sp³-hybridized carbons (Fsp3) is 0.429. The summed E-state index contributed by atoms with van der Waals surface area (Å²) in [4.78, 5) is 7.74. The van der Waals surface area contributed by atoms with Crippen LogP contribution in [-0.2, 0) is 4.74 Å². The third-order valence-electron chi connectivity index (χ3n) is 3.77. The largest absolute Gasteiger partial charge is 0.379 e. The topological polar surface area (TPSA) is 76.1 Å². The highest BCUT2D eigenvalue weighted by Crippen LogP contribution is 2.33. The van der Waals surface area contributed by atoms with Gasteiger partial charge in [-0.15, -0.1) is 21.5 Å². The molecule has 22 heavy (non-hydrogen) atoms. The normalized spacial score (nSPS) is 16.4. The lowest BCUT2D eigenvalue weighted by molar-refractivity contribution is 0.0398. The van der Waals surface area contributed by atoms with Crippen molar-refractivity contribution in [3.8, 4) is 0 Å². The number of hydrogen-bond acceptors (Lipinski definition) is 8. The van der Waals surface area contributed by atoms with Gasteiger partial charge in [0.05, 0.1) is 13.2 Å². The van der Waals surface area contributed by atoms with Crippen LogP contribution in [0.5, 0.6) is 0 Å². The Morgan fingerprint density at radius 2 is 2.18 bits per heavy atom. The molecular weight excluding hydrogens is 300 g/mol. The second-order valence-corrected chi connectivity index (χ2v) is 6.15. The van der Waals surface area contributed by atoms with Crippen molar-refractivity contribution in [1.82, 2.24) is 25.3 Å². The van der Waals surface area contributed by atoms with E-state index < -0.39 is 0 Å². The fourth-order valence-corrected chi connectivity index (χ4v) is 3.65. The number of nitrogens with one attached hydrogen (secondary N) is 1. The van der Waals surface area contributed by atoms with Crippen LogP contribution in [0.2, 0.25) is 0 Å². The van der Waals surface area contributed by atoms with Crippen molar-refractivity contribution in [1.29, 1.82) is 0 Å². The third-order valence-corrected chi connectivity index (χ3v) is 4.88. The molecule has 1 fully saturated rings.